The van der Waals surface area contributed by atoms with Crippen molar-refractivity contribution in [3.05, 3.63) is 34.4 Å². The van der Waals surface area contributed by atoms with Crippen LogP contribution in [0.5, 0.6) is 5.75 Å². The summed E-state index contributed by atoms with van der Waals surface area (Å²) in [5, 5.41) is 21.8. The number of hydrogen-bond acceptors (Lipinski definition) is 5. The van der Waals surface area contributed by atoms with Crippen molar-refractivity contribution in [1.82, 2.24) is 5.32 Å². The molecule has 1 amide bonds. The molecule has 0 spiro atoms. The third kappa shape index (κ3) is 5.89. The van der Waals surface area contributed by atoms with Crippen molar-refractivity contribution in [2.75, 3.05) is 6.61 Å². The van der Waals surface area contributed by atoms with E-state index in [0.29, 0.717) is 6.42 Å². The Bertz CT molecular complexity index is 531. The van der Waals surface area contributed by atoms with Crippen LogP contribution in [0.2, 0.25) is 0 Å². The number of carboxylic acid groups (broad SMARTS) is 1. The Labute approximate surface area is 120 Å². The van der Waals surface area contributed by atoms with Crippen molar-refractivity contribution in [2.45, 2.75) is 25.8 Å². The van der Waals surface area contributed by atoms with Gasteiger partial charge in [-0.15, -0.1) is 0 Å². The van der Waals surface area contributed by atoms with E-state index in [1.807, 2.05) is 0 Å². The van der Waals surface area contributed by atoms with E-state index in [9.17, 15) is 19.7 Å². The molecule has 1 rings (SSSR count). The second kappa shape index (κ2) is 7.83. The lowest BCUT2D eigenvalue weighted by atomic mass is 10.2. The number of para-hydroxylation sites is 2. The van der Waals surface area contributed by atoms with Crippen molar-refractivity contribution >= 4 is 17.6 Å². The summed E-state index contributed by atoms with van der Waals surface area (Å²) in [5.74, 6) is -1.39. The number of ether oxygens (including phenoxy) is 1. The molecule has 0 aliphatic heterocycles. The fourth-order valence-corrected chi connectivity index (χ4v) is 1.60. The second-order valence-electron chi connectivity index (χ2n) is 4.41. The maximum Gasteiger partial charge on any atom is 0.310 e. The highest BCUT2D eigenvalue weighted by atomic mass is 16.6. The Kier molecular flexibility index (Phi) is 6.12. The monoisotopic (exact) mass is 296 g/mol. The van der Waals surface area contributed by atoms with Crippen LogP contribution in [0.4, 0.5) is 5.69 Å². The van der Waals surface area contributed by atoms with Crippen LogP contribution in [0.25, 0.3) is 0 Å². The van der Waals surface area contributed by atoms with Crippen molar-refractivity contribution < 1.29 is 24.4 Å². The van der Waals surface area contributed by atoms with Gasteiger partial charge in [0.05, 0.1) is 4.92 Å². The lowest BCUT2D eigenvalue weighted by Crippen LogP contribution is -2.36. The first-order chi connectivity index (χ1) is 9.90. The lowest BCUT2D eigenvalue weighted by Gasteiger charge is -2.13. The van der Waals surface area contributed by atoms with Gasteiger partial charge in [0, 0.05) is 18.5 Å². The van der Waals surface area contributed by atoms with E-state index in [1.54, 1.807) is 13.0 Å². The van der Waals surface area contributed by atoms with Crippen LogP contribution in [0.3, 0.4) is 0 Å². The van der Waals surface area contributed by atoms with E-state index >= 15 is 0 Å². The smallest absolute Gasteiger partial charge is 0.310 e. The Morgan fingerprint density at radius 3 is 2.71 bits per heavy atom. The maximum absolute atomic E-state index is 11.6. The number of amides is 1. The molecule has 1 aromatic rings. The number of carbonyl (C=O) groups is 2. The van der Waals surface area contributed by atoms with Gasteiger partial charge in [-0.1, -0.05) is 12.1 Å². The summed E-state index contributed by atoms with van der Waals surface area (Å²) in [7, 11) is 0. The summed E-state index contributed by atoms with van der Waals surface area (Å²) in [5.41, 5.74) is -0.218. The molecule has 114 valence electrons. The zero-order valence-electron chi connectivity index (χ0n) is 11.4. The average Bonchev–Trinajstić information content (AvgIpc) is 2.43. The first-order valence-corrected chi connectivity index (χ1v) is 6.27. The van der Waals surface area contributed by atoms with Gasteiger partial charge < -0.3 is 15.2 Å². The van der Waals surface area contributed by atoms with E-state index in [0.717, 1.165) is 0 Å². The Morgan fingerprint density at radius 1 is 1.43 bits per heavy atom. The topological polar surface area (TPSA) is 119 Å². The standard InChI is InChI=1S/C13H16N2O6/c1-9(6-7-13(17)18)14-12(16)8-21-11-5-3-2-4-10(11)15(19)20/h2-5,9H,6-8H2,1H3,(H,14,16)(H,17,18). The first kappa shape index (κ1) is 16.4. The summed E-state index contributed by atoms with van der Waals surface area (Å²) in [4.78, 5) is 32.2. The third-order valence-corrected chi connectivity index (χ3v) is 2.62. The molecule has 21 heavy (non-hydrogen) atoms. The average molecular weight is 296 g/mol. The maximum atomic E-state index is 11.6. The number of nitro benzene ring substituents is 1. The fourth-order valence-electron chi connectivity index (χ4n) is 1.60. The molecule has 0 aliphatic rings. The number of rotatable bonds is 8. The van der Waals surface area contributed by atoms with Gasteiger partial charge in [-0.3, -0.25) is 19.7 Å². The molecule has 0 heterocycles. The molecule has 8 nitrogen and oxygen atoms in total. The molecule has 0 fully saturated rings. The molecule has 0 saturated carbocycles. The predicted molar refractivity (Wildman–Crippen MR) is 73.1 cm³/mol. The minimum Gasteiger partial charge on any atom is -0.481 e. The van der Waals surface area contributed by atoms with Crippen LogP contribution in [0, 0.1) is 10.1 Å². The molecule has 0 bridgehead atoms. The number of nitro groups is 1. The molecule has 8 heteroatoms. The van der Waals surface area contributed by atoms with Gasteiger partial charge in [-0.25, -0.2) is 0 Å². The van der Waals surface area contributed by atoms with Crippen LogP contribution < -0.4 is 10.1 Å². The number of nitrogens with zero attached hydrogens (tertiary/aromatic N) is 1. The summed E-state index contributed by atoms with van der Waals surface area (Å²) in [6.07, 6.45) is 0.249. The summed E-state index contributed by atoms with van der Waals surface area (Å²) < 4.78 is 5.12. The van der Waals surface area contributed by atoms with Crippen LogP contribution >= 0.6 is 0 Å². The van der Waals surface area contributed by atoms with Gasteiger partial charge in [0.15, 0.2) is 12.4 Å². The molecule has 2 N–H and O–H groups in total. The predicted octanol–water partition coefficient (Wildman–Crippen LogP) is 1.34. The van der Waals surface area contributed by atoms with Crippen molar-refractivity contribution in [2.24, 2.45) is 0 Å². The number of benzene rings is 1. The Hall–Kier alpha value is -2.64. The van der Waals surface area contributed by atoms with Crippen molar-refractivity contribution in [3.8, 4) is 5.75 Å². The first-order valence-electron chi connectivity index (χ1n) is 6.27. The molecule has 0 radical (unpaired) electrons. The number of hydrogen-bond donors (Lipinski definition) is 2. The lowest BCUT2D eigenvalue weighted by molar-refractivity contribution is -0.385. The third-order valence-electron chi connectivity index (χ3n) is 2.62. The van der Waals surface area contributed by atoms with E-state index < -0.39 is 16.8 Å². The van der Waals surface area contributed by atoms with E-state index in [4.69, 9.17) is 9.84 Å². The summed E-state index contributed by atoms with van der Waals surface area (Å²) >= 11 is 0. The number of nitrogens with one attached hydrogen (secondary N) is 1. The molecular formula is C13H16N2O6. The van der Waals surface area contributed by atoms with Gasteiger partial charge in [0.2, 0.25) is 0 Å². The molecule has 0 saturated heterocycles. The van der Waals surface area contributed by atoms with E-state index in [-0.39, 0.29) is 30.5 Å². The van der Waals surface area contributed by atoms with Crippen LogP contribution in [0.1, 0.15) is 19.8 Å². The highest BCUT2D eigenvalue weighted by molar-refractivity contribution is 5.78. The van der Waals surface area contributed by atoms with Crippen LogP contribution in [-0.4, -0.2) is 34.6 Å². The number of carboxylic acids is 1. The van der Waals surface area contributed by atoms with Crippen molar-refractivity contribution in [3.63, 3.8) is 0 Å². The van der Waals surface area contributed by atoms with Gasteiger partial charge >= 0.3 is 11.7 Å². The SMILES string of the molecule is CC(CCC(=O)O)NC(=O)COc1ccccc1[N+](=O)[O-]. The Balaban J connectivity index is 2.46. The summed E-state index contributed by atoms with van der Waals surface area (Å²) in [6, 6.07) is 5.43. The van der Waals surface area contributed by atoms with Gasteiger partial charge in [-0.2, -0.15) is 0 Å². The van der Waals surface area contributed by atoms with Gasteiger partial charge in [0.25, 0.3) is 5.91 Å². The van der Waals surface area contributed by atoms with E-state index in [2.05, 4.69) is 5.32 Å². The quantitative estimate of drug-likeness (QED) is 0.552. The zero-order chi connectivity index (χ0) is 15.8. The molecule has 0 aromatic heterocycles. The van der Waals surface area contributed by atoms with Gasteiger partial charge in [0.1, 0.15) is 0 Å². The van der Waals surface area contributed by atoms with Crippen LogP contribution in [0.15, 0.2) is 24.3 Å². The van der Waals surface area contributed by atoms with Crippen LogP contribution in [-0.2, 0) is 9.59 Å². The number of carbonyl (C=O) groups excluding carboxylic acids is 1. The summed E-state index contributed by atoms with van der Waals surface area (Å²) in [6.45, 7) is 1.30. The van der Waals surface area contributed by atoms with Gasteiger partial charge in [-0.05, 0) is 19.4 Å². The highest BCUT2D eigenvalue weighted by Gasteiger charge is 2.15. The largest absolute Gasteiger partial charge is 0.481 e. The molecule has 1 aromatic carbocycles. The normalized spacial score (nSPS) is 11.5. The fraction of sp³-hybridized carbons (Fsp3) is 0.385. The minimum atomic E-state index is -0.938. The van der Waals surface area contributed by atoms with Crippen molar-refractivity contribution in [1.29, 1.82) is 0 Å². The second-order valence-corrected chi connectivity index (χ2v) is 4.41. The molecule has 1 atom stereocenters. The van der Waals surface area contributed by atoms with E-state index in [1.165, 1.54) is 18.2 Å². The zero-order valence-corrected chi connectivity index (χ0v) is 11.4. The Morgan fingerprint density at radius 2 is 2.10 bits per heavy atom. The number of aliphatic carboxylic acids is 1. The minimum absolute atomic E-state index is 0.0100. The highest BCUT2D eigenvalue weighted by Crippen LogP contribution is 2.25. The molecule has 1 unspecified atom stereocenters. The molecular weight excluding hydrogens is 280 g/mol. The molecule has 0 aliphatic carbocycles.